The quantitative estimate of drug-likeness (QED) is 0.540. The lowest BCUT2D eigenvalue weighted by Crippen LogP contribution is -2.40. The molecule has 10 heteroatoms. The lowest BCUT2D eigenvalue weighted by Gasteiger charge is -2.35. The van der Waals surface area contributed by atoms with E-state index in [0.29, 0.717) is 35.9 Å². The van der Waals surface area contributed by atoms with E-state index in [9.17, 15) is 18.0 Å². The first-order valence-electron chi connectivity index (χ1n) is 10.8. The molecule has 1 aliphatic heterocycles. The predicted molar refractivity (Wildman–Crippen MR) is 114 cm³/mol. The van der Waals surface area contributed by atoms with Crippen molar-refractivity contribution in [3.63, 3.8) is 0 Å². The second-order valence-electron chi connectivity index (χ2n) is 8.48. The second kappa shape index (κ2) is 7.86. The fraction of sp³-hybridized carbons (Fsp3) is 0.391. The molecular formula is C23H22F3N5O2. The molecule has 1 unspecified atom stereocenters. The van der Waals surface area contributed by atoms with Crippen molar-refractivity contribution in [1.29, 1.82) is 0 Å². The fourth-order valence-corrected chi connectivity index (χ4v) is 4.28. The van der Waals surface area contributed by atoms with Crippen LogP contribution in [-0.2, 0) is 17.4 Å². The van der Waals surface area contributed by atoms with E-state index in [1.807, 2.05) is 29.9 Å². The van der Waals surface area contributed by atoms with Crippen LogP contribution in [0.25, 0.3) is 11.1 Å². The van der Waals surface area contributed by atoms with E-state index in [1.54, 1.807) is 11.1 Å². The molecule has 3 aromatic rings. The zero-order chi connectivity index (χ0) is 23.3. The van der Waals surface area contributed by atoms with Crippen molar-refractivity contribution in [2.45, 2.75) is 57.8 Å². The minimum atomic E-state index is -4.62. The van der Waals surface area contributed by atoms with Crippen LogP contribution in [0.5, 0.6) is 11.8 Å². The lowest BCUT2D eigenvalue weighted by atomic mass is 9.92. The Bertz CT molecular complexity index is 1220. The van der Waals surface area contributed by atoms with Gasteiger partial charge in [0.2, 0.25) is 5.91 Å². The maximum atomic E-state index is 13.2. The number of fused-ring (bicyclic) bond motifs is 1. The number of alkyl halides is 3. The number of hydrogen-bond acceptors (Lipinski definition) is 5. The number of anilines is 1. The molecule has 1 fully saturated rings. The van der Waals surface area contributed by atoms with Crippen molar-refractivity contribution in [2.24, 2.45) is 0 Å². The number of ether oxygens (including phenoxy) is 1. The molecular weight excluding hydrogens is 435 g/mol. The van der Waals surface area contributed by atoms with Gasteiger partial charge in [-0.05, 0) is 50.8 Å². The molecule has 0 radical (unpaired) electrons. The molecule has 7 nitrogen and oxygen atoms in total. The average molecular weight is 457 g/mol. The highest BCUT2D eigenvalue weighted by molar-refractivity contribution is 5.95. The van der Waals surface area contributed by atoms with Gasteiger partial charge in [0.25, 0.3) is 0 Å². The number of nitrogens with zero attached hydrogens (tertiary/aromatic N) is 5. The van der Waals surface area contributed by atoms with Gasteiger partial charge in [0, 0.05) is 42.0 Å². The molecule has 1 amide bonds. The number of hydrogen-bond donors (Lipinski definition) is 0. The van der Waals surface area contributed by atoms with Gasteiger partial charge in [-0.2, -0.15) is 23.3 Å². The normalized spacial score (nSPS) is 18.2. The summed E-state index contributed by atoms with van der Waals surface area (Å²) in [6.45, 7) is 3.46. The molecule has 2 aromatic heterocycles. The Hall–Kier alpha value is -3.43. The maximum absolute atomic E-state index is 13.2. The fourth-order valence-electron chi connectivity index (χ4n) is 4.28. The topological polar surface area (TPSA) is 73.1 Å². The Morgan fingerprint density at radius 3 is 2.67 bits per heavy atom. The molecule has 0 bridgehead atoms. The van der Waals surface area contributed by atoms with E-state index in [4.69, 9.17) is 4.74 Å². The van der Waals surface area contributed by atoms with Crippen LogP contribution in [0, 0.1) is 0 Å². The van der Waals surface area contributed by atoms with E-state index in [0.717, 1.165) is 36.2 Å². The van der Waals surface area contributed by atoms with Gasteiger partial charge in [-0.25, -0.2) is 4.98 Å². The molecule has 2 aliphatic rings. The van der Waals surface area contributed by atoms with E-state index in [1.165, 1.54) is 6.92 Å². The third-order valence-electron chi connectivity index (χ3n) is 6.04. The van der Waals surface area contributed by atoms with Crippen molar-refractivity contribution in [2.75, 3.05) is 4.90 Å². The standard InChI is InChI=1S/C23H22F3N5O2/c1-13-3-6-18-19(31(13)14(2)32)8-7-17(15-11-28-30(12-15)16-4-5-16)21(18)33-22-27-10-9-20(29-22)23(24,25)26/h7-13,16H,3-6H2,1-2H3. The summed E-state index contributed by atoms with van der Waals surface area (Å²) in [6.07, 6.45) is 3.45. The summed E-state index contributed by atoms with van der Waals surface area (Å²) < 4.78 is 47.4. The SMILES string of the molecule is CC(=O)N1c2ccc(-c3cnn(C4CC4)c3)c(Oc3nccc(C(F)(F)F)n3)c2CCC1C. The van der Waals surface area contributed by atoms with Crippen LogP contribution in [0.15, 0.2) is 36.8 Å². The Morgan fingerprint density at radius 2 is 1.97 bits per heavy atom. The van der Waals surface area contributed by atoms with Gasteiger partial charge < -0.3 is 9.64 Å². The van der Waals surface area contributed by atoms with Gasteiger partial charge in [0.15, 0.2) is 5.69 Å². The third kappa shape index (κ3) is 4.05. The highest BCUT2D eigenvalue weighted by Crippen LogP contribution is 2.45. The largest absolute Gasteiger partial charge is 0.433 e. The minimum absolute atomic E-state index is 0.00359. The van der Waals surface area contributed by atoms with Crippen molar-refractivity contribution in [1.82, 2.24) is 19.7 Å². The number of aromatic nitrogens is 4. The number of rotatable bonds is 4. The van der Waals surface area contributed by atoms with E-state index in [2.05, 4.69) is 15.1 Å². The molecule has 1 saturated carbocycles. The van der Waals surface area contributed by atoms with Gasteiger partial charge in [0.1, 0.15) is 5.75 Å². The number of carbonyl (C=O) groups excluding carboxylic acids is 1. The highest BCUT2D eigenvalue weighted by Gasteiger charge is 2.34. The van der Waals surface area contributed by atoms with Gasteiger partial charge >= 0.3 is 12.2 Å². The Balaban J connectivity index is 1.63. The molecule has 1 aromatic carbocycles. The molecule has 33 heavy (non-hydrogen) atoms. The van der Waals surface area contributed by atoms with Gasteiger partial charge in [-0.15, -0.1) is 0 Å². The summed E-state index contributed by atoms with van der Waals surface area (Å²) in [6, 6.07) is 4.44. The monoisotopic (exact) mass is 457 g/mol. The predicted octanol–water partition coefficient (Wildman–Crippen LogP) is 5.17. The summed E-state index contributed by atoms with van der Waals surface area (Å²) >= 11 is 0. The zero-order valence-electron chi connectivity index (χ0n) is 18.1. The van der Waals surface area contributed by atoms with Crippen LogP contribution in [0.4, 0.5) is 18.9 Å². The Kier molecular flexibility index (Phi) is 5.10. The van der Waals surface area contributed by atoms with Crippen molar-refractivity contribution in [3.05, 3.63) is 48.0 Å². The number of halogens is 3. The zero-order valence-corrected chi connectivity index (χ0v) is 18.1. The highest BCUT2D eigenvalue weighted by atomic mass is 19.4. The summed E-state index contributed by atoms with van der Waals surface area (Å²) in [5.41, 5.74) is 1.78. The minimum Gasteiger partial charge on any atom is -0.423 e. The molecule has 1 aliphatic carbocycles. The molecule has 172 valence electrons. The first kappa shape index (κ1) is 21.4. The third-order valence-corrected chi connectivity index (χ3v) is 6.04. The van der Waals surface area contributed by atoms with Crippen LogP contribution in [0.3, 0.4) is 0 Å². The lowest BCUT2D eigenvalue weighted by molar-refractivity contribution is -0.141. The van der Waals surface area contributed by atoms with Crippen molar-refractivity contribution >= 4 is 11.6 Å². The van der Waals surface area contributed by atoms with E-state index >= 15 is 0 Å². The second-order valence-corrected chi connectivity index (χ2v) is 8.48. The number of amides is 1. The summed E-state index contributed by atoms with van der Waals surface area (Å²) in [7, 11) is 0. The smallest absolute Gasteiger partial charge is 0.423 e. The Morgan fingerprint density at radius 1 is 1.18 bits per heavy atom. The first-order valence-corrected chi connectivity index (χ1v) is 10.8. The average Bonchev–Trinajstić information content (AvgIpc) is 3.50. The van der Waals surface area contributed by atoms with Gasteiger partial charge in [-0.1, -0.05) is 0 Å². The molecule has 1 atom stereocenters. The maximum Gasteiger partial charge on any atom is 0.433 e. The summed E-state index contributed by atoms with van der Waals surface area (Å²) in [4.78, 5) is 21.5. The van der Waals surface area contributed by atoms with Crippen LogP contribution < -0.4 is 9.64 Å². The summed E-state index contributed by atoms with van der Waals surface area (Å²) in [5, 5.41) is 4.43. The van der Waals surface area contributed by atoms with E-state index in [-0.39, 0.29) is 11.9 Å². The first-order chi connectivity index (χ1) is 15.7. The summed E-state index contributed by atoms with van der Waals surface area (Å²) in [5.74, 6) is 0.236. The number of carbonyl (C=O) groups is 1. The van der Waals surface area contributed by atoms with Crippen LogP contribution in [0.2, 0.25) is 0 Å². The molecule has 0 spiro atoms. The molecule has 0 N–H and O–H groups in total. The van der Waals surface area contributed by atoms with Gasteiger partial charge in [-0.3, -0.25) is 9.48 Å². The molecule has 5 rings (SSSR count). The van der Waals surface area contributed by atoms with E-state index < -0.39 is 17.9 Å². The number of benzene rings is 1. The molecule has 3 heterocycles. The van der Waals surface area contributed by atoms with Crippen LogP contribution in [-0.4, -0.2) is 31.7 Å². The van der Waals surface area contributed by atoms with Crippen LogP contribution in [0.1, 0.15) is 50.4 Å². The Labute approximate surface area is 188 Å². The van der Waals surface area contributed by atoms with Crippen LogP contribution >= 0.6 is 0 Å². The van der Waals surface area contributed by atoms with Crippen molar-refractivity contribution < 1.29 is 22.7 Å². The molecule has 0 saturated heterocycles. The van der Waals surface area contributed by atoms with Gasteiger partial charge in [0.05, 0.1) is 17.9 Å². The van der Waals surface area contributed by atoms with Crippen molar-refractivity contribution in [3.8, 4) is 22.9 Å².